The molecule has 0 saturated carbocycles. The van der Waals surface area contributed by atoms with E-state index in [9.17, 15) is 4.79 Å². The van der Waals surface area contributed by atoms with Crippen LogP contribution in [0.15, 0.2) is 12.1 Å². The highest BCUT2D eigenvalue weighted by molar-refractivity contribution is 6.32. The molecule has 1 fully saturated rings. The summed E-state index contributed by atoms with van der Waals surface area (Å²) in [6.07, 6.45) is 2.08. The molecule has 134 valence electrons. The number of benzene rings is 1. The van der Waals surface area contributed by atoms with Crippen LogP contribution in [0, 0.1) is 0 Å². The first-order valence-corrected chi connectivity index (χ1v) is 8.67. The van der Waals surface area contributed by atoms with Crippen molar-refractivity contribution in [1.29, 1.82) is 0 Å². The SMILES string of the molecule is CCCCNC(=O)N1CCN(c2cc(OC)c(Cl)cc2OC)CC1. The minimum absolute atomic E-state index is 0.0174. The topological polar surface area (TPSA) is 54.0 Å². The number of hydrogen-bond acceptors (Lipinski definition) is 4. The van der Waals surface area contributed by atoms with Crippen LogP contribution in [0.5, 0.6) is 11.5 Å². The van der Waals surface area contributed by atoms with Gasteiger partial charge in [-0.05, 0) is 6.42 Å². The Morgan fingerprint density at radius 2 is 1.83 bits per heavy atom. The molecule has 0 radical (unpaired) electrons. The van der Waals surface area contributed by atoms with Crippen molar-refractivity contribution < 1.29 is 14.3 Å². The summed E-state index contributed by atoms with van der Waals surface area (Å²) in [5, 5.41) is 3.48. The van der Waals surface area contributed by atoms with Crippen molar-refractivity contribution in [2.75, 3.05) is 51.8 Å². The number of urea groups is 1. The van der Waals surface area contributed by atoms with E-state index >= 15 is 0 Å². The van der Waals surface area contributed by atoms with E-state index < -0.39 is 0 Å². The molecule has 0 aliphatic carbocycles. The average Bonchev–Trinajstić information content (AvgIpc) is 2.61. The smallest absolute Gasteiger partial charge is 0.317 e. The van der Waals surface area contributed by atoms with Gasteiger partial charge in [-0.15, -0.1) is 0 Å². The number of piperazine rings is 1. The first-order chi connectivity index (χ1) is 11.6. The summed E-state index contributed by atoms with van der Waals surface area (Å²) in [5.41, 5.74) is 0.935. The number of nitrogens with one attached hydrogen (secondary N) is 1. The molecule has 24 heavy (non-hydrogen) atoms. The highest BCUT2D eigenvalue weighted by atomic mass is 35.5. The summed E-state index contributed by atoms with van der Waals surface area (Å²) in [5.74, 6) is 1.33. The Kier molecular flexibility index (Phi) is 6.85. The lowest BCUT2D eigenvalue weighted by atomic mass is 10.2. The lowest BCUT2D eigenvalue weighted by Crippen LogP contribution is -2.52. The monoisotopic (exact) mass is 355 g/mol. The van der Waals surface area contributed by atoms with Crippen LogP contribution >= 0.6 is 11.6 Å². The zero-order valence-corrected chi connectivity index (χ0v) is 15.4. The summed E-state index contributed by atoms with van der Waals surface area (Å²) in [6.45, 7) is 5.67. The molecule has 1 aliphatic heterocycles. The number of methoxy groups -OCH3 is 2. The summed E-state index contributed by atoms with van der Waals surface area (Å²) < 4.78 is 10.7. The first kappa shape index (κ1) is 18.5. The minimum atomic E-state index is 0.0174. The predicted molar refractivity (Wildman–Crippen MR) is 96.6 cm³/mol. The molecule has 1 aromatic carbocycles. The van der Waals surface area contributed by atoms with E-state index in [0.717, 1.165) is 38.2 Å². The number of rotatable bonds is 6. The fourth-order valence-corrected chi connectivity index (χ4v) is 2.96. The second-order valence-electron chi connectivity index (χ2n) is 5.72. The molecule has 0 unspecified atom stereocenters. The van der Waals surface area contributed by atoms with Crippen molar-refractivity contribution in [2.24, 2.45) is 0 Å². The van der Waals surface area contributed by atoms with Crippen molar-refractivity contribution in [2.45, 2.75) is 19.8 Å². The third-order valence-corrected chi connectivity index (χ3v) is 4.46. The number of amides is 2. The average molecular weight is 356 g/mol. The summed E-state index contributed by atoms with van der Waals surface area (Å²) in [7, 11) is 3.22. The van der Waals surface area contributed by atoms with Crippen molar-refractivity contribution in [3.8, 4) is 11.5 Å². The highest BCUT2D eigenvalue weighted by Crippen LogP contribution is 2.38. The molecule has 7 heteroatoms. The Hall–Kier alpha value is -1.82. The van der Waals surface area contributed by atoms with E-state index in [1.807, 2.05) is 11.0 Å². The van der Waals surface area contributed by atoms with Crippen molar-refractivity contribution in [3.63, 3.8) is 0 Å². The molecule has 1 aliphatic rings. The summed E-state index contributed by atoms with van der Waals surface area (Å²) >= 11 is 6.16. The van der Waals surface area contributed by atoms with Gasteiger partial charge in [0.25, 0.3) is 0 Å². The second-order valence-corrected chi connectivity index (χ2v) is 6.13. The van der Waals surface area contributed by atoms with Gasteiger partial charge in [0.05, 0.1) is 24.9 Å². The molecule has 1 N–H and O–H groups in total. The van der Waals surface area contributed by atoms with Gasteiger partial charge >= 0.3 is 6.03 Å². The molecule has 1 saturated heterocycles. The molecule has 0 atom stereocenters. The molecule has 0 spiro atoms. The van der Waals surface area contributed by atoms with Gasteiger partial charge in [-0.1, -0.05) is 24.9 Å². The van der Waals surface area contributed by atoms with Gasteiger partial charge in [0.15, 0.2) is 0 Å². The summed E-state index contributed by atoms with van der Waals surface area (Å²) in [6, 6.07) is 3.67. The number of ether oxygens (including phenoxy) is 2. The zero-order chi connectivity index (χ0) is 17.5. The Bertz CT molecular complexity index is 560. The van der Waals surface area contributed by atoms with Crippen molar-refractivity contribution in [1.82, 2.24) is 10.2 Å². The Labute approximate surface area is 148 Å². The Morgan fingerprint density at radius 1 is 1.17 bits per heavy atom. The molecule has 1 aromatic rings. The largest absolute Gasteiger partial charge is 0.495 e. The standard InChI is InChI=1S/C17H26ClN3O3/c1-4-5-6-19-17(22)21-9-7-20(8-10-21)14-12-15(23-2)13(18)11-16(14)24-3/h11-12H,4-10H2,1-3H3,(H,19,22). The molecule has 2 amide bonds. The van der Waals surface area contributed by atoms with Gasteiger partial charge in [0.1, 0.15) is 11.5 Å². The number of carbonyl (C=O) groups is 1. The lowest BCUT2D eigenvalue weighted by Gasteiger charge is -2.36. The molecular formula is C17H26ClN3O3. The van der Waals surface area contributed by atoms with E-state index in [-0.39, 0.29) is 6.03 Å². The van der Waals surface area contributed by atoms with Crippen LogP contribution in [0.4, 0.5) is 10.5 Å². The predicted octanol–water partition coefficient (Wildman–Crippen LogP) is 2.99. The van der Waals surface area contributed by atoms with Crippen molar-refractivity contribution >= 4 is 23.3 Å². The van der Waals surface area contributed by atoms with Gasteiger partial charge in [-0.2, -0.15) is 0 Å². The molecule has 0 aromatic heterocycles. The van der Waals surface area contributed by atoms with Gasteiger partial charge in [-0.3, -0.25) is 0 Å². The van der Waals surface area contributed by atoms with Gasteiger partial charge in [0.2, 0.25) is 0 Å². The van der Waals surface area contributed by atoms with E-state index in [0.29, 0.717) is 29.6 Å². The van der Waals surface area contributed by atoms with Gasteiger partial charge in [-0.25, -0.2) is 4.79 Å². The number of hydrogen-bond donors (Lipinski definition) is 1. The first-order valence-electron chi connectivity index (χ1n) is 8.30. The maximum Gasteiger partial charge on any atom is 0.317 e. The molecule has 6 nitrogen and oxygen atoms in total. The van der Waals surface area contributed by atoms with E-state index in [4.69, 9.17) is 21.1 Å². The molecule has 1 heterocycles. The Balaban J connectivity index is 2.00. The van der Waals surface area contributed by atoms with Crippen LogP contribution in [0.1, 0.15) is 19.8 Å². The zero-order valence-electron chi connectivity index (χ0n) is 14.6. The number of anilines is 1. The van der Waals surface area contributed by atoms with Crippen LogP contribution in [0.3, 0.4) is 0 Å². The number of nitrogens with zero attached hydrogens (tertiary/aromatic N) is 2. The fourth-order valence-electron chi connectivity index (χ4n) is 2.73. The minimum Gasteiger partial charge on any atom is -0.495 e. The second kappa shape index (κ2) is 8.87. The summed E-state index contributed by atoms with van der Waals surface area (Å²) in [4.78, 5) is 16.2. The van der Waals surface area contributed by atoms with Crippen LogP contribution in [0.2, 0.25) is 5.02 Å². The quantitative estimate of drug-likeness (QED) is 0.797. The number of halogens is 1. The van der Waals surface area contributed by atoms with Crippen LogP contribution in [-0.2, 0) is 0 Å². The fraction of sp³-hybridized carbons (Fsp3) is 0.588. The maximum atomic E-state index is 12.1. The van der Waals surface area contributed by atoms with E-state index in [1.165, 1.54) is 0 Å². The number of unbranched alkanes of at least 4 members (excludes halogenated alkanes) is 1. The van der Waals surface area contributed by atoms with Crippen LogP contribution < -0.4 is 19.7 Å². The Morgan fingerprint density at radius 3 is 2.42 bits per heavy atom. The van der Waals surface area contributed by atoms with Crippen molar-refractivity contribution in [3.05, 3.63) is 17.2 Å². The van der Waals surface area contributed by atoms with E-state index in [2.05, 4.69) is 17.1 Å². The maximum absolute atomic E-state index is 12.1. The molecule has 0 bridgehead atoms. The van der Waals surface area contributed by atoms with Gasteiger partial charge in [0, 0.05) is 44.9 Å². The third kappa shape index (κ3) is 4.38. The van der Waals surface area contributed by atoms with E-state index in [1.54, 1.807) is 20.3 Å². The molecule has 2 rings (SSSR count). The highest BCUT2D eigenvalue weighted by Gasteiger charge is 2.23. The third-order valence-electron chi connectivity index (χ3n) is 4.17. The normalized spacial score (nSPS) is 14.5. The van der Waals surface area contributed by atoms with Gasteiger partial charge < -0.3 is 24.6 Å². The van der Waals surface area contributed by atoms with Crippen LogP contribution in [-0.4, -0.2) is 57.9 Å². The molecular weight excluding hydrogens is 330 g/mol. The van der Waals surface area contributed by atoms with Crippen LogP contribution in [0.25, 0.3) is 0 Å². The number of carbonyl (C=O) groups excluding carboxylic acids is 1. The lowest BCUT2D eigenvalue weighted by molar-refractivity contribution is 0.194.